The number of halogens is 1. The highest BCUT2D eigenvalue weighted by Crippen LogP contribution is 2.22. The average molecular weight is 278 g/mol. The lowest BCUT2D eigenvalue weighted by molar-refractivity contribution is 0.248. The number of hydrogen-bond acceptors (Lipinski definition) is 4. The van der Waals surface area contributed by atoms with Crippen LogP contribution in [-0.4, -0.2) is 11.7 Å². The summed E-state index contributed by atoms with van der Waals surface area (Å²) in [4.78, 5) is 0. The number of nitrogens with zero attached hydrogens (tertiary/aromatic N) is 1. The van der Waals surface area contributed by atoms with Gasteiger partial charge in [0.15, 0.2) is 5.76 Å². The van der Waals surface area contributed by atoms with Gasteiger partial charge in [0.1, 0.15) is 18.2 Å². The molecular weight excluding hydrogens is 259 g/mol. The minimum Gasteiger partial charge on any atom is -0.485 e. The molecule has 2 aromatic rings. The van der Waals surface area contributed by atoms with Crippen molar-refractivity contribution < 1.29 is 13.7 Å². The van der Waals surface area contributed by atoms with Crippen molar-refractivity contribution in [2.75, 3.05) is 6.54 Å². The summed E-state index contributed by atoms with van der Waals surface area (Å²) in [6.07, 6.45) is 0. The molecule has 0 aliphatic carbocycles. The molecule has 0 bridgehead atoms. The number of benzene rings is 1. The van der Waals surface area contributed by atoms with E-state index in [2.05, 4.69) is 10.5 Å². The molecule has 5 heteroatoms. The Morgan fingerprint density at radius 2 is 2.20 bits per heavy atom. The first-order chi connectivity index (χ1) is 9.60. The zero-order valence-electron chi connectivity index (χ0n) is 11.9. The zero-order valence-corrected chi connectivity index (χ0v) is 11.9. The molecule has 108 valence electrons. The Hall–Kier alpha value is -1.88. The lowest BCUT2D eigenvalue weighted by atomic mass is 10.1. The van der Waals surface area contributed by atoms with Crippen LogP contribution in [0.2, 0.25) is 0 Å². The van der Waals surface area contributed by atoms with Gasteiger partial charge in [-0.3, -0.25) is 0 Å². The fourth-order valence-corrected chi connectivity index (χ4v) is 2.00. The van der Waals surface area contributed by atoms with Crippen molar-refractivity contribution in [2.24, 2.45) is 0 Å². The lowest BCUT2D eigenvalue weighted by Crippen LogP contribution is -2.18. The van der Waals surface area contributed by atoms with Gasteiger partial charge < -0.3 is 14.6 Å². The SMILES string of the molecule is CCNC(C)c1ccc(OCc2cc(C)no2)cc1F. The van der Waals surface area contributed by atoms with Crippen LogP contribution in [-0.2, 0) is 6.61 Å². The van der Waals surface area contributed by atoms with E-state index in [1.165, 1.54) is 6.07 Å². The Morgan fingerprint density at radius 1 is 1.40 bits per heavy atom. The number of ether oxygens (including phenoxy) is 1. The third-order valence-electron chi connectivity index (χ3n) is 3.01. The molecule has 0 aliphatic heterocycles. The predicted octanol–water partition coefficient (Wildman–Crippen LogP) is 3.37. The van der Waals surface area contributed by atoms with Crippen LogP contribution >= 0.6 is 0 Å². The van der Waals surface area contributed by atoms with Crippen LogP contribution in [0.5, 0.6) is 5.75 Å². The molecule has 1 atom stereocenters. The molecule has 1 unspecified atom stereocenters. The molecule has 0 aliphatic rings. The van der Waals surface area contributed by atoms with Gasteiger partial charge in [0, 0.05) is 23.7 Å². The molecular formula is C15H19FN2O2. The summed E-state index contributed by atoms with van der Waals surface area (Å²) in [5, 5.41) is 6.95. The van der Waals surface area contributed by atoms with Crippen LogP contribution < -0.4 is 10.1 Å². The van der Waals surface area contributed by atoms with E-state index in [9.17, 15) is 4.39 Å². The van der Waals surface area contributed by atoms with Crippen molar-refractivity contribution in [1.29, 1.82) is 0 Å². The maximum atomic E-state index is 14.0. The maximum absolute atomic E-state index is 14.0. The predicted molar refractivity (Wildman–Crippen MR) is 74.1 cm³/mol. The largest absolute Gasteiger partial charge is 0.485 e. The Balaban J connectivity index is 2.01. The Labute approximate surface area is 117 Å². The average Bonchev–Trinajstić information content (AvgIpc) is 2.82. The molecule has 1 aromatic heterocycles. The van der Waals surface area contributed by atoms with E-state index in [1.54, 1.807) is 18.2 Å². The minimum atomic E-state index is -0.273. The van der Waals surface area contributed by atoms with Crippen LogP contribution in [0.4, 0.5) is 4.39 Å². The number of aryl methyl sites for hydroxylation is 1. The molecule has 1 N–H and O–H groups in total. The van der Waals surface area contributed by atoms with Crippen molar-refractivity contribution in [1.82, 2.24) is 10.5 Å². The first-order valence-corrected chi connectivity index (χ1v) is 6.68. The third-order valence-corrected chi connectivity index (χ3v) is 3.01. The van der Waals surface area contributed by atoms with Crippen molar-refractivity contribution in [3.8, 4) is 5.75 Å². The molecule has 0 fully saturated rings. The lowest BCUT2D eigenvalue weighted by Gasteiger charge is -2.14. The summed E-state index contributed by atoms with van der Waals surface area (Å²) in [6.45, 7) is 6.79. The monoisotopic (exact) mass is 278 g/mol. The Bertz CT molecular complexity index is 569. The highest BCUT2D eigenvalue weighted by atomic mass is 19.1. The van der Waals surface area contributed by atoms with Crippen molar-refractivity contribution in [3.05, 3.63) is 47.1 Å². The summed E-state index contributed by atoms with van der Waals surface area (Å²) in [6, 6.07) is 6.66. The number of rotatable bonds is 6. The minimum absolute atomic E-state index is 0.0222. The number of hydrogen-bond donors (Lipinski definition) is 1. The van der Waals surface area contributed by atoms with E-state index in [4.69, 9.17) is 9.26 Å². The zero-order chi connectivity index (χ0) is 14.5. The summed E-state index contributed by atoms with van der Waals surface area (Å²) in [5.41, 5.74) is 1.43. The van der Waals surface area contributed by atoms with Gasteiger partial charge in [-0.1, -0.05) is 18.1 Å². The van der Waals surface area contributed by atoms with E-state index in [0.717, 1.165) is 12.2 Å². The Morgan fingerprint density at radius 3 is 2.80 bits per heavy atom. The number of aromatic nitrogens is 1. The van der Waals surface area contributed by atoms with E-state index >= 15 is 0 Å². The number of nitrogens with one attached hydrogen (secondary N) is 1. The van der Waals surface area contributed by atoms with Gasteiger partial charge in [0.2, 0.25) is 0 Å². The second-order valence-corrected chi connectivity index (χ2v) is 4.69. The van der Waals surface area contributed by atoms with Gasteiger partial charge in [-0.05, 0) is 26.5 Å². The van der Waals surface area contributed by atoms with Crippen LogP contribution in [0.1, 0.15) is 36.9 Å². The van der Waals surface area contributed by atoms with Crippen molar-refractivity contribution in [2.45, 2.75) is 33.4 Å². The van der Waals surface area contributed by atoms with E-state index in [1.807, 2.05) is 20.8 Å². The molecule has 0 amide bonds. The standard InChI is InChI=1S/C15H19FN2O2/c1-4-17-11(3)14-6-5-12(8-15(14)16)19-9-13-7-10(2)18-20-13/h5-8,11,17H,4,9H2,1-3H3. The van der Waals surface area contributed by atoms with Gasteiger partial charge in [-0.15, -0.1) is 0 Å². The molecule has 20 heavy (non-hydrogen) atoms. The first kappa shape index (κ1) is 14.5. The molecule has 0 saturated carbocycles. The smallest absolute Gasteiger partial charge is 0.174 e. The van der Waals surface area contributed by atoms with Crippen molar-refractivity contribution >= 4 is 0 Å². The highest BCUT2D eigenvalue weighted by Gasteiger charge is 2.11. The van der Waals surface area contributed by atoms with Crippen molar-refractivity contribution in [3.63, 3.8) is 0 Å². The molecule has 1 aromatic carbocycles. The normalized spacial score (nSPS) is 12.4. The summed E-state index contributed by atoms with van der Waals surface area (Å²) < 4.78 is 24.5. The molecule has 1 heterocycles. The quantitative estimate of drug-likeness (QED) is 0.880. The highest BCUT2D eigenvalue weighted by molar-refractivity contribution is 5.30. The van der Waals surface area contributed by atoms with Crippen LogP contribution in [0.15, 0.2) is 28.8 Å². The van der Waals surface area contributed by atoms with Gasteiger partial charge in [-0.2, -0.15) is 0 Å². The second-order valence-electron chi connectivity index (χ2n) is 4.69. The van der Waals surface area contributed by atoms with Gasteiger partial charge in [-0.25, -0.2) is 4.39 Å². The van der Waals surface area contributed by atoms with Gasteiger partial charge in [0.25, 0.3) is 0 Å². The van der Waals surface area contributed by atoms with E-state index < -0.39 is 0 Å². The first-order valence-electron chi connectivity index (χ1n) is 6.68. The van der Waals surface area contributed by atoms with Crippen LogP contribution in [0, 0.1) is 12.7 Å². The molecule has 2 rings (SSSR count). The van der Waals surface area contributed by atoms with E-state index in [0.29, 0.717) is 17.1 Å². The van der Waals surface area contributed by atoms with E-state index in [-0.39, 0.29) is 18.5 Å². The maximum Gasteiger partial charge on any atom is 0.174 e. The topological polar surface area (TPSA) is 47.3 Å². The summed E-state index contributed by atoms with van der Waals surface area (Å²) in [5.74, 6) is 0.821. The molecule has 0 spiro atoms. The van der Waals surface area contributed by atoms with Gasteiger partial charge >= 0.3 is 0 Å². The molecule has 4 nitrogen and oxygen atoms in total. The van der Waals surface area contributed by atoms with Crippen LogP contribution in [0.25, 0.3) is 0 Å². The fraction of sp³-hybridized carbons (Fsp3) is 0.400. The summed E-state index contributed by atoms with van der Waals surface area (Å²) >= 11 is 0. The third kappa shape index (κ3) is 3.57. The second kappa shape index (κ2) is 6.52. The Kier molecular flexibility index (Phi) is 4.74. The van der Waals surface area contributed by atoms with Gasteiger partial charge in [0.05, 0.1) is 5.69 Å². The fourth-order valence-electron chi connectivity index (χ4n) is 2.00. The molecule has 0 saturated heterocycles. The van der Waals surface area contributed by atoms with Crippen LogP contribution in [0.3, 0.4) is 0 Å². The summed E-state index contributed by atoms with van der Waals surface area (Å²) in [7, 11) is 0. The molecule has 0 radical (unpaired) electrons.